The lowest BCUT2D eigenvalue weighted by molar-refractivity contribution is -0.326. The molecule has 1 fully saturated rings. The van der Waals surface area contributed by atoms with Crippen molar-refractivity contribution in [1.29, 1.82) is 0 Å². The third-order valence-electron chi connectivity index (χ3n) is 7.22. The average Bonchev–Trinajstić information content (AvgIpc) is 3.07. The highest BCUT2D eigenvalue weighted by atomic mass is 16.7. The molecular formula is C37H40O6. The summed E-state index contributed by atoms with van der Waals surface area (Å²) in [6.45, 7) is 6.02. The minimum atomic E-state index is -0.718. The van der Waals surface area contributed by atoms with Crippen molar-refractivity contribution in [2.45, 2.75) is 57.1 Å². The zero-order valence-corrected chi connectivity index (χ0v) is 24.4. The highest BCUT2D eigenvalue weighted by Crippen LogP contribution is 2.31. The highest BCUT2D eigenvalue weighted by molar-refractivity contribution is 5.16. The fourth-order valence-electron chi connectivity index (χ4n) is 5.04. The van der Waals surface area contributed by atoms with Gasteiger partial charge in [0.2, 0.25) is 0 Å². The Morgan fingerprint density at radius 1 is 0.512 bits per heavy atom. The van der Waals surface area contributed by atoms with Crippen molar-refractivity contribution in [3.63, 3.8) is 0 Å². The van der Waals surface area contributed by atoms with E-state index in [1.54, 1.807) is 6.08 Å². The molecule has 0 spiro atoms. The average molecular weight is 581 g/mol. The van der Waals surface area contributed by atoms with Gasteiger partial charge in [0, 0.05) is 0 Å². The maximum absolute atomic E-state index is 6.68. The van der Waals surface area contributed by atoms with Gasteiger partial charge >= 0.3 is 0 Å². The summed E-state index contributed by atoms with van der Waals surface area (Å²) in [4.78, 5) is 0. The lowest BCUT2D eigenvalue weighted by atomic mass is 9.97. The Balaban J connectivity index is 1.41. The van der Waals surface area contributed by atoms with Crippen LogP contribution in [0.3, 0.4) is 0 Å². The van der Waals surface area contributed by atoms with Gasteiger partial charge in [-0.1, -0.05) is 127 Å². The van der Waals surface area contributed by atoms with E-state index in [1.807, 2.05) is 121 Å². The molecule has 6 nitrogen and oxygen atoms in total. The van der Waals surface area contributed by atoms with E-state index in [-0.39, 0.29) is 0 Å². The van der Waals surface area contributed by atoms with Crippen LogP contribution in [0, 0.1) is 0 Å². The van der Waals surface area contributed by atoms with Crippen molar-refractivity contribution in [3.05, 3.63) is 156 Å². The number of hydrogen-bond acceptors (Lipinski definition) is 6. The van der Waals surface area contributed by atoms with E-state index >= 15 is 0 Å². The van der Waals surface area contributed by atoms with Gasteiger partial charge < -0.3 is 28.4 Å². The summed E-state index contributed by atoms with van der Waals surface area (Å²) in [6.07, 6.45) is -1.07. The van der Waals surface area contributed by atoms with Crippen LogP contribution < -0.4 is 0 Å². The predicted octanol–water partition coefficient (Wildman–Crippen LogP) is 6.89. The van der Waals surface area contributed by atoms with Crippen LogP contribution in [0.2, 0.25) is 0 Å². The molecule has 43 heavy (non-hydrogen) atoms. The first-order valence-corrected chi connectivity index (χ1v) is 14.8. The Kier molecular flexibility index (Phi) is 12.1. The minimum absolute atomic E-state index is 0.291. The van der Waals surface area contributed by atoms with E-state index < -0.39 is 30.7 Å². The molecule has 4 aromatic carbocycles. The van der Waals surface area contributed by atoms with E-state index in [9.17, 15) is 0 Å². The molecule has 1 aliphatic rings. The predicted molar refractivity (Wildman–Crippen MR) is 166 cm³/mol. The van der Waals surface area contributed by atoms with Crippen molar-refractivity contribution >= 4 is 0 Å². The number of rotatable bonds is 16. The van der Waals surface area contributed by atoms with E-state index in [4.69, 9.17) is 28.4 Å². The van der Waals surface area contributed by atoms with Gasteiger partial charge in [-0.3, -0.25) is 0 Å². The standard InChI is InChI=1S/C37H40O6/c1-2-23-39-37-36(42-27-32-21-13-6-14-22-32)35(41-26-31-19-11-5-12-20-31)34(40-25-30-17-9-4-10-18-30)33(43-37)28-38-24-29-15-7-3-8-16-29/h2-22,33-37H,1,23-28H2/t33?,34-,35?,36?,37+/m0/s1. The molecule has 4 aromatic rings. The molecule has 0 N–H and O–H groups in total. The van der Waals surface area contributed by atoms with Crippen LogP contribution in [-0.2, 0) is 54.8 Å². The van der Waals surface area contributed by atoms with Gasteiger partial charge in [0.1, 0.15) is 24.4 Å². The molecule has 1 aliphatic heterocycles. The molecule has 0 aromatic heterocycles. The Morgan fingerprint density at radius 2 is 0.930 bits per heavy atom. The topological polar surface area (TPSA) is 55.4 Å². The summed E-state index contributed by atoms with van der Waals surface area (Å²) in [5.41, 5.74) is 4.24. The fraction of sp³-hybridized carbons (Fsp3) is 0.297. The SMILES string of the molecule is C=CCO[C@@H]1OC(COCc2ccccc2)[C@H](OCc2ccccc2)C(OCc2ccccc2)C1OCc1ccccc1. The first kappa shape index (κ1) is 30.8. The summed E-state index contributed by atoms with van der Waals surface area (Å²) >= 11 is 0. The Labute approximate surface area is 254 Å². The monoisotopic (exact) mass is 580 g/mol. The number of benzene rings is 4. The number of ether oxygens (including phenoxy) is 6. The molecular weight excluding hydrogens is 540 g/mol. The molecule has 3 unspecified atom stereocenters. The van der Waals surface area contributed by atoms with Gasteiger partial charge in [-0.25, -0.2) is 0 Å². The van der Waals surface area contributed by atoms with Crippen LogP contribution >= 0.6 is 0 Å². The van der Waals surface area contributed by atoms with Crippen LogP contribution in [0.1, 0.15) is 22.3 Å². The fourth-order valence-corrected chi connectivity index (χ4v) is 5.04. The Morgan fingerprint density at radius 3 is 1.40 bits per heavy atom. The van der Waals surface area contributed by atoms with Gasteiger partial charge in [-0.2, -0.15) is 0 Å². The lowest BCUT2D eigenvalue weighted by Crippen LogP contribution is -2.61. The van der Waals surface area contributed by atoms with Gasteiger partial charge in [0.25, 0.3) is 0 Å². The van der Waals surface area contributed by atoms with Crippen molar-refractivity contribution in [2.24, 2.45) is 0 Å². The van der Waals surface area contributed by atoms with Crippen molar-refractivity contribution < 1.29 is 28.4 Å². The van der Waals surface area contributed by atoms with Crippen LogP contribution in [-0.4, -0.2) is 43.9 Å². The molecule has 1 heterocycles. The molecule has 0 amide bonds. The van der Waals surface area contributed by atoms with Gasteiger partial charge in [0.15, 0.2) is 6.29 Å². The molecule has 0 aliphatic carbocycles. The second-order valence-electron chi connectivity index (χ2n) is 10.4. The third-order valence-corrected chi connectivity index (χ3v) is 7.22. The third kappa shape index (κ3) is 9.43. The van der Waals surface area contributed by atoms with Crippen LogP contribution in [0.15, 0.2) is 134 Å². The van der Waals surface area contributed by atoms with E-state index in [0.29, 0.717) is 39.6 Å². The van der Waals surface area contributed by atoms with Gasteiger partial charge in [-0.15, -0.1) is 6.58 Å². The van der Waals surface area contributed by atoms with Crippen LogP contribution in [0.5, 0.6) is 0 Å². The zero-order chi connectivity index (χ0) is 29.5. The normalized spacial score (nSPS) is 21.8. The molecule has 5 atom stereocenters. The molecule has 0 saturated carbocycles. The summed E-state index contributed by atoms with van der Waals surface area (Å²) in [5, 5.41) is 0. The molecule has 1 saturated heterocycles. The summed E-state index contributed by atoms with van der Waals surface area (Å²) in [5.74, 6) is 0. The van der Waals surface area contributed by atoms with Crippen molar-refractivity contribution in [2.75, 3.05) is 13.2 Å². The second-order valence-corrected chi connectivity index (χ2v) is 10.4. The first-order valence-electron chi connectivity index (χ1n) is 14.8. The molecule has 0 radical (unpaired) electrons. The van der Waals surface area contributed by atoms with Crippen LogP contribution in [0.4, 0.5) is 0 Å². The summed E-state index contributed by atoms with van der Waals surface area (Å²) in [6, 6.07) is 40.3. The smallest absolute Gasteiger partial charge is 0.187 e. The minimum Gasteiger partial charge on any atom is -0.374 e. The van der Waals surface area contributed by atoms with E-state index in [2.05, 4.69) is 6.58 Å². The van der Waals surface area contributed by atoms with Crippen molar-refractivity contribution in [1.82, 2.24) is 0 Å². The molecule has 0 bridgehead atoms. The van der Waals surface area contributed by atoms with Gasteiger partial charge in [0.05, 0.1) is 39.6 Å². The zero-order valence-electron chi connectivity index (χ0n) is 24.4. The maximum Gasteiger partial charge on any atom is 0.187 e. The molecule has 5 rings (SSSR count). The van der Waals surface area contributed by atoms with Crippen molar-refractivity contribution in [3.8, 4) is 0 Å². The summed E-state index contributed by atoms with van der Waals surface area (Å²) < 4.78 is 38.8. The number of hydrogen-bond donors (Lipinski definition) is 0. The Hall–Kier alpha value is -3.62. The maximum atomic E-state index is 6.68. The summed E-state index contributed by atoms with van der Waals surface area (Å²) in [7, 11) is 0. The van der Waals surface area contributed by atoms with Crippen LogP contribution in [0.25, 0.3) is 0 Å². The largest absolute Gasteiger partial charge is 0.374 e. The highest BCUT2D eigenvalue weighted by Gasteiger charge is 2.49. The van der Waals surface area contributed by atoms with Gasteiger partial charge in [-0.05, 0) is 22.3 Å². The Bertz CT molecular complexity index is 1320. The quantitative estimate of drug-likeness (QED) is 0.135. The first-order chi connectivity index (χ1) is 21.3. The van der Waals surface area contributed by atoms with E-state index in [0.717, 1.165) is 22.3 Å². The lowest BCUT2D eigenvalue weighted by Gasteiger charge is -2.45. The van der Waals surface area contributed by atoms with E-state index in [1.165, 1.54) is 0 Å². The second kappa shape index (κ2) is 16.9. The molecule has 6 heteroatoms. The molecule has 224 valence electrons.